The maximum absolute atomic E-state index is 9.88. The van der Waals surface area contributed by atoms with Crippen molar-refractivity contribution in [3.63, 3.8) is 0 Å². The third-order valence-electron chi connectivity index (χ3n) is 2.50. The van der Waals surface area contributed by atoms with Gasteiger partial charge >= 0.3 is 0 Å². The number of hydrogen-bond acceptors (Lipinski definition) is 2. The first-order chi connectivity index (χ1) is 7.24. The average molecular weight is 291 g/mol. The van der Waals surface area contributed by atoms with Crippen molar-refractivity contribution in [1.82, 2.24) is 0 Å². The van der Waals surface area contributed by atoms with Gasteiger partial charge in [-0.3, -0.25) is 0 Å². The predicted molar refractivity (Wildman–Crippen MR) is 70.4 cm³/mol. The zero-order valence-corrected chi connectivity index (χ0v) is 11.6. The van der Waals surface area contributed by atoms with Gasteiger partial charge < -0.3 is 5.11 Å². The fourth-order valence-corrected chi connectivity index (χ4v) is 3.03. The van der Waals surface area contributed by atoms with Crippen molar-refractivity contribution in [2.24, 2.45) is 0 Å². The molecule has 1 rings (SSSR count). The quantitative estimate of drug-likeness (QED) is 0.708. The summed E-state index contributed by atoms with van der Waals surface area (Å²) in [6.45, 7) is 2.22. The van der Waals surface area contributed by atoms with Gasteiger partial charge in [-0.05, 0) is 34.5 Å². The van der Waals surface area contributed by atoms with Crippen LogP contribution in [0.5, 0.6) is 0 Å². The highest BCUT2D eigenvalue weighted by molar-refractivity contribution is 9.11. The first-order valence-electron chi connectivity index (χ1n) is 5.67. The average Bonchev–Trinajstić information content (AvgIpc) is 2.64. The molecule has 1 N–H and O–H groups in total. The molecule has 1 unspecified atom stereocenters. The minimum atomic E-state index is -0.261. The Morgan fingerprint density at radius 2 is 2.00 bits per heavy atom. The lowest BCUT2D eigenvalue weighted by Gasteiger charge is -2.07. The number of rotatable bonds is 7. The molecule has 1 heterocycles. The van der Waals surface area contributed by atoms with Crippen molar-refractivity contribution in [3.05, 3.63) is 20.8 Å². The number of hydrogen-bond donors (Lipinski definition) is 1. The second-order valence-corrected chi connectivity index (χ2v) is 6.36. The molecular formula is C12H19BrOS. The van der Waals surface area contributed by atoms with Crippen LogP contribution in [0.25, 0.3) is 0 Å². The van der Waals surface area contributed by atoms with Gasteiger partial charge in [-0.25, -0.2) is 0 Å². The van der Waals surface area contributed by atoms with Crippen molar-refractivity contribution in [2.45, 2.75) is 51.6 Å². The Labute approximate surface area is 105 Å². The van der Waals surface area contributed by atoms with Crippen LogP contribution in [0.1, 0.15) is 56.4 Å². The molecule has 0 radical (unpaired) electrons. The monoisotopic (exact) mass is 290 g/mol. The molecule has 0 aliphatic carbocycles. The van der Waals surface area contributed by atoms with E-state index in [-0.39, 0.29) is 6.10 Å². The zero-order chi connectivity index (χ0) is 11.1. The van der Waals surface area contributed by atoms with Gasteiger partial charge in [0.05, 0.1) is 9.89 Å². The normalized spacial score (nSPS) is 13.0. The fraction of sp³-hybridized carbons (Fsp3) is 0.667. The van der Waals surface area contributed by atoms with Gasteiger partial charge in [0.15, 0.2) is 0 Å². The van der Waals surface area contributed by atoms with E-state index in [9.17, 15) is 5.11 Å². The van der Waals surface area contributed by atoms with Gasteiger partial charge in [0.2, 0.25) is 0 Å². The van der Waals surface area contributed by atoms with E-state index in [0.717, 1.165) is 21.5 Å². The molecule has 3 heteroatoms. The van der Waals surface area contributed by atoms with E-state index in [4.69, 9.17) is 0 Å². The van der Waals surface area contributed by atoms with E-state index in [1.54, 1.807) is 11.3 Å². The summed E-state index contributed by atoms with van der Waals surface area (Å²) in [6.07, 6.45) is 6.92. The Morgan fingerprint density at radius 3 is 2.60 bits per heavy atom. The van der Waals surface area contributed by atoms with E-state index >= 15 is 0 Å². The number of aliphatic hydroxyl groups is 1. The van der Waals surface area contributed by atoms with Crippen LogP contribution in [0.15, 0.2) is 15.9 Å². The number of unbranched alkanes of at least 4 members (excludes halogenated alkanes) is 4. The topological polar surface area (TPSA) is 20.2 Å². The second-order valence-electron chi connectivity index (χ2n) is 3.86. The van der Waals surface area contributed by atoms with E-state index in [2.05, 4.69) is 22.9 Å². The Bertz CT molecular complexity index is 272. The van der Waals surface area contributed by atoms with Gasteiger partial charge in [0, 0.05) is 4.88 Å². The molecule has 0 spiro atoms. The molecule has 15 heavy (non-hydrogen) atoms. The van der Waals surface area contributed by atoms with Crippen LogP contribution in [-0.2, 0) is 0 Å². The lowest BCUT2D eigenvalue weighted by atomic mass is 10.1. The number of thiophene rings is 1. The lowest BCUT2D eigenvalue weighted by Crippen LogP contribution is -1.94. The summed E-state index contributed by atoms with van der Waals surface area (Å²) in [5, 5.41) is 9.88. The molecule has 0 amide bonds. The summed E-state index contributed by atoms with van der Waals surface area (Å²) in [6, 6.07) is 4.01. The highest BCUT2D eigenvalue weighted by Gasteiger charge is 2.09. The van der Waals surface area contributed by atoms with E-state index in [1.807, 2.05) is 12.1 Å². The van der Waals surface area contributed by atoms with Gasteiger partial charge in [0.1, 0.15) is 0 Å². The molecule has 1 aromatic rings. The van der Waals surface area contributed by atoms with Crippen LogP contribution >= 0.6 is 27.3 Å². The van der Waals surface area contributed by atoms with Crippen LogP contribution in [0.4, 0.5) is 0 Å². The minimum Gasteiger partial charge on any atom is -0.388 e. The van der Waals surface area contributed by atoms with Crippen LogP contribution in [0, 0.1) is 0 Å². The summed E-state index contributed by atoms with van der Waals surface area (Å²) in [7, 11) is 0. The first-order valence-corrected chi connectivity index (χ1v) is 7.28. The predicted octanol–water partition coefficient (Wildman–Crippen LogP) is 4.90. The fourth-order valence-electron chi connectivity index (χ4n) is 1.59. The summed E-state index contributed by atoms with van der Waals surface area (Å²) >= 11 is 5.04. The van der Waals surface area contributed by atoms with Gasteiger partial charge in [-0.15, -0.1) is 11.3 Å². The summed E-state index contributed by atoms with van der Waals surface area (Å²) < 4.78 is 1.10. The third-order valence-corrected chi connectivity index (χ3v) is 4.23. The molecule has 1 nitrogen and oxygen atoms in total. The molecule has 0 aromatic carbocycles. The molecule has 0 bridgehead atoms. The highest BCUT2D eigenvalue weighted by atomic mass is 79.9. The Hall–Kier alpha value is 0.140. The van der Waals surface area contributed by atoms with E-state index < -0.39 is 0 Å². The van der Waals surface area contributed by atoms with E-state index in [0.29, 0.717) is 0 Å². The molecule has 0 saturated carbocycles. The molecule has 0 saturated heterocycles. The van der Waals surface area contributed by atoms with Gasteiger partial charge in [-0.2, -0.15) is 0 Å². The summed E-state index contributed by atoms with van der Waals surface area (Å²) in [5.74, 6) is 0. The zero-order valence-electron chi connectivity index (χ0n) is 9.21. The number of halogens is 1. The Kier molecular flexibility index (Phi) is 6.53. The molecule has 86 valence electrons. The smallest absolute Gasteiger partial charge is 0.0882 e. The Morgan fingerprint density at radius 1 is 1.27 bits per heavy atom. The molecule has 0 aliphatic rings. The van der Waals surface area contributed by atoms with E-state index in [1.165, 1.54) is 25.7 Å². The summed E-state index contributed by atoms with van der Waals surface area (Å²) in [5.41, 5.74) is 0. The van der Waals surface area contributed by atoms with Crippen molar-refractivity contribution >= 4 is 27.3 Å². The van der Waals surface area contributed by atoms with Crippen molar-refractivity contribution in [2.75, 3.05) is 0 Å². The maximum atomic E-state index is 9.88. The third kappa shape index (κ3) is 5.14. The largest absolute Gasteiger partial charge is 0.388 e. The van der Waals surface area contributed by atoms with Gasteiger partial charge in [0.25, 0.3) is 0 Å². The van der Waals surface area contributed by atoms with Crippen LogP contribution in [0.2, 0.25) is 0 Å². The van der Waals surface area contributed by atoms with Crippen molar-refractivity contribution < 1.29 is 5.11 Å². The van der Waals surface area contributed by atoms with Crippen LogP contribution in [0.3, 0.4) is 0 Å². The second kappa shape index (κ2) is 7.42. The van der Waals surface area contributed by atoms with Crippen LogP contribution in [-0.4, -0.2) is 5.11 Å². The first kappa shape index (κ1) is 13.2. The minimum absolute atomic E-state index is 0.261. The molecule has 1 aromatic heterocycles. The number of aliphatic hydroxyl groups excluding tert-OH is 1. The summed E-state index contributed by atoms with van der Waals surface area (Å²) in [4.78, 5) is 1.08. The van der Waals surface area contributed by atoms with Gasteiger partial charge in [-0.1, -0.05) is 39.0 Å². The maximum Gasteiger partial charge on any atom is 0.0882 e. The molecular weight excluding hydrogens is 272 g/mol. The molecule has 0 fully saturated rings. The SMILES string of the molecule is CCCCCCCC(O)c1ccc(Br)s1. The standard InChI is InChI=1S/C12H19BrOS/c1-2-3-4-5-6-7-10(14)11-8-9-12(13)15-11/h8-10,14H,2-7H2,1H3. The molecule has 0 aliphatic heterocycles. The lowest BCUT2D eigenvalue weighted by molar-refractivity contribution is 0.167. The van der Waals surface area contributed by atoms with Crippen LogP contribution < -0.4 is 0 Å². The van der Waals surface area contributed by atoms with Crippen molar-refractivity contribution in [1.29, 1.82) is 0 Å². The van der Waals surface area contributed by atoms with Crippen molar-refractivity contribution in [3.8, 4) is 0 Å². The molecule has 1 atom stereocenters. The highest BCUT2D eigenvalue weighted by Crippen LogP contribution is 2.29. The Balaban J connectivity index is 2.16.